The molecule has 0 unspecified atom stereocenters. The second-order valence-corrected chi connectivity index (χ2v) is 5.01. The van der Waals surface area contributed by atoms with Crippen LogP contribution in [0, 0.1) is 0 Å². The molecular weight excluding hydrogens is 302 g/mol. The van der Waals surface area contributed by atoms with Crippen LogP contribution >= 0.6 is 11.6 Å². The van der Waals surface area contributed by atoms with Crippen LogP contribution in [0.15, 0.2) is 42.5 Å². The van der Waals surface area contributed by atoms with Gasteiger partial charge in [-0.25, -0.2) is 0 Å². The summed E-state index contributed by atoms with van der Waals surface area (Å²) in [7, 11) is 1.60. The van der Waals surface area contributed by atoms with E-state index >= 15 is 0 Å². The monoisotopic (exact) mass is 319 g/mol. The minimum atomic E-state index is -0.143. The third-order valence-electron chi connectivity index (χ3n) is 3.06. The first-order chi connectivity index (χ1) is 10.6. The van der Waals surface area contributed by atoms with E-state index in [1.807, 2.05) is 6.92 Å². The quantitative estimate of drug-likeness (QED) is 0.883. The van der Waals surface area contributed by atoms with Crippen molar-refractivity contribution in [2.45, 2.75) is 13.5 Å². The summed E-state index contributed by atoms with van der Waals surface area (Å²) in [6, 6.07) is 12.4. The molecule has 0 aliphatic carbocycles. The first kappa shape index (κ1) is 16.2. The summed E-state index contributed by atoms with van der Waals surface area (Å²) in [6.07, 6.45) is 0. The van der Waals surface area contributed by atoms with E-state index in [1.54, 1.807) is 49.5 Å². The van der Waals surface area contributed by atoms with Gasteiger partial charge in [-0.05, 0) is 49.4 Å². The Morgan fingerprint density at radius 1 is 1.14 bits per heavy atom. The van der Waals surface area contributed by atoms with Crippen molar-refractivity contribution in [3.05, 3.63) is 58.6 Å². The molecule has 2 rings (SSSR count). The average molecular weight is 320 g/mol. The molecular formula is C17H18ClNO3. The molecule has 0 atom stereocenters. The van der Waals surface area contributed by atoms with Crippen molar-refractivity contribution >= 4 is 17.5 Å². The van der Waals surface area contributed by atoms with Crippen LogP contribution in [0.4, 0.5) is 0 Å². The van der Waals surface area contributed by atoms with Crippen molar-refractivity contribution in [3.8, 4) is 11.5 Å². The Morgan fingerprint density at radius 3 is 2.50 bits per heavy atom. The molecule has 0 aliphatic rings. The van der Waals surface area contributed by atoms with Crippen molar-refractivity contribution < 1.29 is 14.3 Å². The summed E-state index contributed by atoms with van der Waals surface area (Å²) in [5.41, 5.74) is 1.39. The highest BCUT2D eigenvalue weighted by atomic mass is 35.5. The summed E-state index contributed by atoms with van der Waals surface area (Å²) < 4.78 is 11.3. The van der Waals surface area contributed by atoms with E-state index in [1.165, 1.54) is 0 Å². The van der Waals surface area contributed by atoms with Crippen LogP contribution in [0.3, 0.4) is 0 Å². The van der Waals surface area contributed by atoms with Crippen LogP contribution in [0.1, 0.15) is 22.8 Å². The number of amides is 1. The summed E-state index contributed by atoms with van der Waals surface area (Å²) in [5.74, 6) is 1.28. The molecule has 116 valence electrons. The third-order valence-corrected chi connectivity index (χ3v) is 3.31. The lowest BCUT2D eigenvalue weighted by molar-refractivity contribution is 0.0963. The van der Waals surface area contributed by atoms with E-state index in [9.17, 15) is 4.79 Å². The lowest BCUT2D eigenvalue weighted by atomic mass is 10.1. The second kappa shape index (κ2) is 7.71. The zero-order chi connectivity index (χ0) is 15.9. The Kier molecular flexibility index (Phi) is 5.67. The van der Waals surface area contributed by atoms with Crippen molar-refractivity contribution in [3.63, 3.8) is 0 Å². The van der Waals surface area contributed by atoms with Crippen LogP contribution in [0.25, 0.3) is 0 Å². The summed E-state index contributed by atoms with van der Waals surface area (Å²) >= 11 is 5.85. The van der Waals surface area contributed by atoms with Gasteiger partial charge in [0.05, 0.1) is 6.61 Å². The molecule has 0 saturated carbocycles. The number of carbonyl (C=O) groups is 1. The van der Waals surface area contributed by atoms with E-state index < -0.39 is 0 Å². The van der Waals surface area contributed by atoms with Crippen LogP contribution in [-0.4, -0.2) is 19.6 Å². The molecule has 0 radical (unpaired) electrons. The number of hydrogen-bond acceptors (Lipinski definition) is 3. The van der Waals surface area contributed by atoms with Crippen LogP contribution < -0.4 is 14.8 Å². The van der Waals surface area contributed by atoms with Crippen molar-refractivity contribution in [2.24, 2.45) is 0 Å². The largest absolute Gasteiger partial charge is 0.493 e. The molecule has 1 amide bonds. The first-order valence-corrected chi connectivity index (χ1v) is 7.38. The molecule has 0 spiro atoms. The SMILES string of the molecule is CCOc1ccc(C(=O)NC)cc1COc1ccc(Cl)cc1. The lowest BCUT2D eigenvalue weighted by Crippen LogP contribution is -2.18. The van der Waals surface area contributed by atoms with Gasteiger partial charge >= 0.3 is 0 Å². The fraction of sp³-hybridized carbons (Fsp3) is 0.235. The van der Waals surface area contributed by atoms with Gasteiger partial charge in [-0.1, -0.05) is 11.6 Å². The Morgan fingerprint density at radius 2 is 1.86 bits per heavy atom. The Bertz CT molecular complexity index is 641. The Balaban J connectivity index is 2.18. The molecule has 1 N–H and O–H groups in total. The van der Waals surface area contributed by atoms with Gasteiger partial charge in [0.1, 0.15) is 18.1 Å². The highest BCUT2D eigenvalue weighted by molar-refractivity contribution is 6.30. The topological polar surface area (TPSA) is 47.6 Å². The fourth-order valence-corrected chi connectivity index (χ4v) is 2.09. The number of ether oxygens (including phenoxy) is 2. The minimum absolute atomic E-state index is 0.143. The lowest BCUT2D eigenvalue weighted by Gasteiger charge is -2.13. The van der Waals surface area contributed by atoms with Gasteiger partial charge in [-0.2, -0.15) is 0 Å². The van der Waals surface area contributed by atoms with E-state index in [4.69, 9.17) is 21.1 Å². The van der Waals surface area contributed by atoms with Gasteiger partial charge in [0.25, 0.3) is 5.91 Å². The normalized spacial score (nSPS) is 10.1. The highest BCUT2D eigenvalue weighted by Gasteiger charge is 2.10. The molecule has 22 heavy (non-hydrogen) atoms. The van der Waals surface area contributed by atoms with E-state index in [0.717, 1.165) is 5.56 Å². The minimum Gasteiger partial charge on any atom is -0.493 e. The van der Waals surface area contributed by atoms with Crippen LogP contribution in [0.2, 0.25) is 5.02 Å². The maximum atomic E-state index is 11.7. The average Bonchev–Trinajstić information content (AvgIpc) is 2.55. The van der Waals surface area contributed by atoms with E-state index in [-0.39, 0.29) is 5.91 Å². The van der Waals surface area contributed by atoms with Gasteiger partial charge in [0.2, 0.25) is 0 Å². The predicted octanol–water partition coefficient (Wildman–Crippen LogP) is 3.68. The van der Waals surface area contributed by atoms with Crippen molar-refractivity contribution in [1.29, 1.82) is 0 Å². The fourth-order valence-electron chi connectivity index (χ4n) is 1.97. The van der Waals surface area contributed by atoms with Crippen LogP contribution in [-0.2, 0) is 6.61 Å². The van der Waals surface area contributed by atoms with Gasteiger partial charge in [-0.3, -0.25) is 4.79 Å². The summed E-state index contributed by atoms with van der Waals surface area (Å²) in [5, 5.41) is 3.26. The maximum Gasteiger partial charge on any atom is 0.251 e. The molecule has 0 heterocycles. The molecule has 4 nitrogen and oxygen atoms in total. The zero-order valence-corrected chi connectivity index (χ0v) is 13.3. The first-order valence-electron chi connectivity index (χ1n) is 7.00. The van der Waals surface area contributed by atoms with Gasteiger partial charge in [0.15, 0.2) is 0 Å². The molecule has 5 heteroatoms. The van der Waals surface area contributed by atoms with Gasteiger partial charge < -0.3 is 14.8 Å². The molecule has 0 bridgehead atoms. The number of rotatable bonds is 6. The van der Waals surface area contributed by atoms with Gasteiger partial charge in [-0.15, -0.1) is 0 Å². The standard InChI is InChI=1S/C17H18ClNO3/c1-3-21-16-9-4-12(17(20)19-2)10-13(16)11-22-15-7-5-14(18)6-8-15/h4-10H,3,11H2,1-2H3,(H,19,20). The highest BCUT2D eigenvalue weighted by Crippen LogP contribution is 2.23. The number of nitrogens with one attached hydrogen (secondary N) is 1. The Labute approximate surface area is 135 Å². The number of halogens is 1. The number of hydrogen-bond donors (Lipinski definition) is 1. The molecule has 0 aromatic heterocycles. The smallest absolute Gasteiger partial charge is 0.251 e. The summed E-state index contributed by atoms with van der Waals surface area (Å²) in [6.45, 7) is 2.77. The second-order valence-electron chi connectivity index (χ2n) is 4.58. The van der Waals surface area contributed by atoms with Crippen molar-refractivity contribution in [2.75, 3.05) is 13.7 Å². The maximum absolute atomic E-state index is 11.7. The Hall–Kier alpha value is -2.20. The van der Waals surface area contributed by atoms with Crippen LogP contribution in [0.5, 0.6) is 11.5 Å². The zero-order valence-electron chi connectivity index (χ0n) is 12.6. The van der Waals surface area contributed by atoms with Crippen molar-refractivity contribution in [1.82, 2.24) is 5.32 Å². The predicted molar refractivity (Wildman–Crippen MR) is 86.8 cm³/mol. The third kappa shape index (κ3) is 4.15. The molecule has 0 fully saturated rings. The van der Waals surface area contributed by atoms with E-state index in [2.05, 4.69) is 5.32 Å². The number of benzene rings is 2. The molecule has 2 aromatic rings. The molecule has 2 aromatic carbocycles. The van der Waals surface area contributed by atoms with E-state index in [0.29, 0.717) is 35.3 Å². The molecule has 0 aliphatic heterocycles. The number of carbonyl (C=O) groups excluding carboxylic acids is 1. The molecule has 0 saturated heterocycles. The van der Waals surface area contributed by atoms with Gasteiger partial charge in [0, 0.05) is 23.2 Å². The summed E-state index contributed by atoms with van der Waals surface area (Å²) in [4.78, 5) is 11.7.